The lowest BCUT2D eigenvalue weighted by atomic mass is 10.1. The molecule has 0 radical (unpaired) electrons. The molecule has 0 atom stereocenters. The molecule has 0 rings (SSSR count). The zero-order valence-electron chi connectivity index (χ0n) is 18.3. The third-order valence-corrected chi connectivity index (χ3v) is 3.95. The third-order valence-electron chi connectivity index (χ3n) is 3.95. The van der Waals surface area contributed by atoms with Crippen molar-refractivity contribution < 1.29 is 14.3 Å². The van der Waals surface area contributed by atoms with Crippen molar-refractivity contribution in [2.75, 3.05) is 6.61 Å². The van der Waals surface area contributed by atoms with Crippen molar-refractivity contribution in [1.29, 1.82) is 0 Å². The van der Waals surface area contributed by atoms with Gasteiger partial charge in [0.05, 0.1) is 6.61 Å². The average Bonchev–Trinajstić information content (AvgIpc) is 2.62. The highest BCUT2D eigenvalue weighted by Crippen LogP contribution is 2.11. The van der Waals surface area contributed by atoms with Crippen LogP contribution < -0.4 is 5.32 Å². The number of carbonyl (C=O) groups is 2. The van der Waals surface area contributed by atoms with Crippen molar-refractivity contribution in [3.63, 3.8) is 0 Å². The van der Waals surface area contributed by atoms with E-state index in [0.717, 1.165) is 6.42 Å². The van der Waals surface area contributed by atoms with Gasteiger partial charge in [-0.2, -0.15) is 0 Å². The van der Waals surface area contributed by atoms with Gasteiger partial charge in [-0.1, -0.05) is 84.3 Å². The van der Waals surface area contributed by atoms with Crippen molar-refractivity contribution in [3.8, 4) is 0 Å². The summed E-state index contributed by atoms with van der Waals surface area (Å²) >= 11 is 0. The van der Waals surface area contributed by atoms with Crippen molar-refractivity contribution in [2.24, 2.45) is 0 Å². The molecule has 0 aliphatic carbocycles. The standard InChI is InChI=1S/C17H32O2.C6H11NO/c1-4-5-6-7-8-9-10-11-12-13-14-15-19-17(18)16(2)3;1-4-6(8)7-5(2)3/h2,4-15H2,1,3H3;4-5H,1H2,2-3H3,(H,7,8). The van der Waals surface area contributed by atoms with E-state index >= 15 is 0 Å². The van der Waals surface area contributed by atoms with Crippen molar-refractivity contribution >= 4 is 11.9 Å². The molecular formula is C23H43NO3. The Balaban J connectivity index is 0. The smallest absolute Gasteiger partial charge is 0.333 e. The Hall–Kier alpha value is -1.58. The molecule has 0 aromatic carbocycles. The molecule has 4 nitrogen and oxygen atoms in total. The molecule has 0 aliphatic heterocycles. The quantitative estimate of drug-likeness (QED) is 0.211. The van der Waals surface area contributed by atoms with Crippen LogP contribution in [0.4, 0.5) is 0 Å². The first-order valence-electron chi connectivity index (χ1n) is 10.6. The van der Waals surface area contributed by atoms with Gasteiger partial charge in [0.25, 0.3) is 0 Å². The van der Waals surface area contributed by atoms with Crippen LogP contribution in [0.15, 0.2) is 24.8 Å². The molecule has 0 saturated carbocycles. The Morgan fingerprint density at radius 3 is 1.70 bits per heavy atom. The Bertz CT molecular complexity index is 402. The van der Waals surface area contributed by atoms with Gasteiger partial charge in [-0.05, 0) is 33.3 Å². The molecule has 0 unspecified atom stereocenters. The van der Waals surface area contributed by atoms with E-state index in [2.05, 4.69) is 25.4 Å². The van der Waals surface area contributed by atoms with Crippen LogP contribution in [0.3, 0.4) is 0 Å². The van der Waals surface area contributed by atoms with E-state index in [4.69, 9.17) is 4.74 Å². The van der Waals surface area contributed by atoms with E-state index in [-0.39, 0.29) is 17.9 Å². The fourth-order valence-corrected chi connectivity index (χ4v) is 2.40. The molecule has 0 aliphatic rings. The summed E-state index contributed by atoms with van der Waals surface area (Å²) < 4.78 is 5.05. The average molecular weight is 382 g/mol. The molecule has 0 saturated heterocycles. The van der Waals surface area contributed by atoms with Gasteiger partial charge in [0, 0.05) is 11.6 Å². The molecule has 158 valence electrons. The van der Waals surface area contributed by atoms with Crippen LogP contribution in [0.5, 0.6) is 0 Å². The number of unbranched alkanes of at least 4 members (excludes halogenated alkanes) is 10. The fraction of sp³-hybridized carbons (Fsp3) is 0.739. The highest BCUT2D eigenvalue weighted by atomic mass is 16.5. The molecule has 0 aromatic heterocycles. The van der Waals surface area contributed by atoms with Gasteiger partial charge >= 0.3 is 5.97 Å². The SMILES string of the molecule is C=C(C)C(=O)OCCCCCCCCCCCCC.C=CC(=O)NC(C)C. The van der Waals surface area contributed by atoms with E-state index in [9.17, 15) is 9.59 Å². The van der Waals surface area contributed by atoms with Crippen LogP contribution >= 0.6 is 0 Å². The lowest BCUT2D eigenvalue weighted by Crippen LogP contribution is -2.27. The highest BCUT2D eigenvalue weighted by Gasteiger charge is 2.01. The molecule has 27 heavy (non-hydrogen) atoms. The van der Waals surface area contributed by atoms with Crippen molar-refractivity contribution in [3.05, 3.63) is 24.8 Å². The fourth-order valence-electron chi connectivity index (χ4n) is 2.40. The number of ether oxygens (including phenoxy) is 1. The first kappa shape index (κ1) is 27.6. The molecular weight excluding hydrogens is 338 g/mol. The van der Waals surface area contributed by atoms with Crippen LogP contribution in [-0.2, 0) is 14.3 Å². The Morgan fingerprint density at radius 2 is 1.37 bits per heavy atom. The maximum atomic E-state index is 11.1. The third kappa shape index (κ3) is 24.4. The summed E-state index contributed by atoms with van der Waals surface area (Å²) in [4.78, 5) is 21.5. The van der Waals surface area contributed by atoms with E-state index in [1.54, 1.807) is 6.92 Å². The number of carbonyl (C=O) groups excluding carboxylic acids is 2. The zero-order valence-corrected chi connectivity index (χ0v) is 18.3. The maximum Gasteiger partial charge on any atom is 0.333 e. The summed E-state index contributed by atoms with van der Waals surface area (Å²) in [7, 11) is 0. The van der Waals surface area contributed by atoms with Crippen molar-refractivity contribution in [1.82, 2.24) is 5.32 Å². The van der Waals surface area contributed by atoms with E-state index in [1.165, 1.54) is 70.3 Å². The summed E-state index contributed by atoms with van der Waals surface area (Å²) in [5, 5.41) is 2.64. The van der Waals surface area contributed by atoms with Gasteiger partial charge in [0.1, 0.15) is 0 Å². The monoisotopic (exact) mass is 381 g/mol. The summed E-state index contributed by atoms with van der Waals surface area (Å²) in [5.41, 5.74) is 0.489. The van der Waals surface area contributed by atoms with Gasteiger partial charge < -0.3 is 10.1 Å². The number of hydrogen-bond donors (Lipinski definition) is 1. The first-order chi connectivity index (χ1) is 12.8. The van der Waals surface area contributed by atoms with Gasteiger partial charge in [-0.25, -0.2) is 4.79 Å². The van der Waals surface area contributed by atoms with Gasteiger partial charge in [-0.3, -0.25) is 4.79 Å². The van der Waals surface area contributed by atoms with E-state index in [0.29, 0.717) is 12.2 Å². The highest BCUT2D eigenvalue weighted by molar-refractivity contribution is 5.87. The molecule has 0 fully saturated rings. The zero-order chi connectivity index (χ0) is 20.9. The van der Waals surface area contributed by atoms with Gasteiger partial charge in [0.15, 0.2) is 0 Å². The molecule has 1 amide bonds. The maximum absolute atomic E-state index is 11.1. The number of esters is 1. The molecule has 0 spiro atoms. The Labute approximate surface area is 167 Å². The number of amides is 1. The normalized spacial score (nSPS) is 9.96. The van der Waals surface area contributed by atoms with E-state index < -0.39 is 0 Å². The minimum Gasteiger partial charge on any atom is -0.462 e. The second-order valence-corrected chi connectivity index (χ2v) is 7.32. The topological polar surface area (TPSA) is 55.4 Å². The first-order valence-corrected chi connectivity index (χ1v) is 10.6. The Morgan fingerprint density at radius 1 is 0.926 bits per heavy atom. The van der Waals surface area contributed by atoms with Crippen LogP contribution in [0, 0.1) is 0 Å². The van der Waals surface area contributed by atoms with Crippen molar-refractivity contribution in [2.45, 2.75) is 104 Å². The molecule has 0 aromatic rings. The number of nitrogens with one attached hydrogen (secondary N) is 1. The minimum absolute atomic E-state index is 0.111. The predicted molar refractivity (Wildman–Crippen MR) is 116 cm³/mol. The molecule has 1 N–H and O–H groups in total. The molecule has 0 heterocycles. The predicted octanol–water partition coefficient (Wildman–Crippen LogP) is 6.11. The Kier molecular flexibility index (Phi) is 21.2. The largest absolute Gasteiger partial charge is 0.462 e. The number of hydrogen-bond acceptors (Lipinski definition) is 3. The minimum atomic E-state index is -0.257. The lowest BCUT2D eigenvalue weighted by Gasteiger charge is -2.04. The number of rotatable bonds is 15. The molecule has 4 heteroatoms. The second-order valence-electron chi connectivity index (χ2n) is 7.32. The summed E-state index contributed by atoms with van der Waals surface area (Å²) in [5.74, 6) is -0.368. The summed E-state index contributed by atoms with van der Waals surface area (Å²) in [6.07, 6.45) is 15.7. The summed E-state index contributed by atoms with van der Waals surface area (Å²) in [6, 6.07) is 0.209. The van der Waals surface area contributed by atoms with Crippen LogP contribution in [0.1, 0.15) is 98.3 Å². The lowest BCUT2D eigenvalue weighted by molar-refractivity contribution is -0.139. The molecule has 0 bridgehead atoms. The van der Waals surface area contributed by atoms with Crippen LogP contribution in [-0.4, -0.2) is 24.5 Å². The second kappa shape index (κ2) is 20.7. The van der Waals surface area contributed by atoms with Crippen LogP contribution in [0.2, 0.25) is 0 Å². The van der Waals surface area contributed by atoms with Gasteiger partial charge in [-0.15, -0.1) is 0 Å². The van der Waals surface area contributed by atoms with E-state index in [1.807, 2.05) is 13.8 Å². The van der Waals surface area contributed by atoms with Crippen LogP contribution in [0.25, 0.3) is 0 Å². The summed E-state index contributed by atoms with van der Waals surface area (Å²) in [6.45, 7) is 15.2. The van der Waals surface area contributed by atoms with Gasteiger partial charge in [0.2, 0.25) is 5.91 Å².